The summed E-state index contributed by atoms with van der Waals surface area (Å²) in [6, 6.07) is 0. The van der Waals surface area contributed by atoms with Crippen LogP contribution in [0.25, 0.3) is 0 Å². The van der Waals surface area contributed by atoms with E-state index in [9.17, 15) is 14.7 Å². The van der Waals surface area contributed by atoms with Crippen molar-refractivity contribution in [3.63, 3.8) is 0 Å². The van der Waals surface area contributed by atoms with Crippen LogP contribution in [0.3, 0.4) is 0 Å². The van der Waals surface area contributed by atoms with Gasteiger partial charge in [-0.3, -0.25) is 9.59 Å². The number of hydrogen-bond donors (Lipinski definition) is 1. The summed E-state index contributed by atoms with van der Waals surface area (Å²) in [5, 5.41) is 9.19. The summed E-state index contributed by atoms with van der Waals surface area (Å²) in [7, 11) is 0. The van der Waals surface area contributed by atoms with Crippen molar-refractivity contribution < 1.29 is 19.4 Å². The lowest BCUT2D eigenvalue weighted by molar-refractivity contribution is -0.153. The normalized spacial score (nSPS) is 12.3. The summed E-state index contributed by atoms with van der Waals surface area (Å²) in [6.45, 7) is 4.51. The van der Waals surface area contributed by atoms with Crippen LogP contribution >= 0.6 is 0 Å². The van der Waals surface area contributed by atoms with E-state index in [4.69, 9.17) is 4.74 Å². The summed E-state index contributed by atoms with van der Waals surface area (Å²) < 4.78 is 5.54. The number of ether oxygens (including phenoxy) is 1. The largest absolute Gasteiger partial charge is 0.481 e. The Kier molecular flexibility index (Phi) is 29.2. The summed E-state index contributed by atoms with van der Waals surface area (Å²) in [5.41, 5.74) is 0. The van der Waals surface area contributed by atoms with Crippen molar-refractivity contribution in [1.82, 2.24) is 0 Å². The zero-order valence-electron chi connectivity index (χ0n) is 25.5. The van der Waals surface area contributed by atoms with E-state index in [0.29, 0.717) is 12.8 Å². The summed E-state index contributed by atoms with van der Waals surface area (Å²) >= 11 is 0. The quantitative estimate of drug-likeness (QED) is 0.0563. The topological polar surface area (TPSA) is 63.6 Å². The summed E-state index contributed by atoms with van der Waals surface area (Å²) in [6.07, 6.45) is 35.1. The van der Waals surface area contributed by atoms with Gasteiger partial charge in [-0.2, -0.15) is 0 Å². The molecule has 0 aliphatic carbocycles. The number of carbonyl (C=O) groups excluding carboxylic acids is 1. The van der Waals surface area contributed by atoms with E-state index < -0.39 is 12.1 Å². The fourth-order valence-electron chi connectivity index (χ4n) is 5.02. The molecule has 0 saturated carbocycles. The number of carbonyl (C=O) groups is 2. The third-order valence-corrected chi connectivity index (χ3v) is 7.47. The molecule has 0 radical (unpaired) electrons. The van der Waals surface area contributed by atoms with Crippen molar-refractivity contribution in [2.24, 2.45) is 0 Å². The van der Waals surface area contributed by atoms with Gasteiger partial charge in [0.2, 0.25) is 0 Å². The molecule has 0 aliphatic heterocycles. The summed E-state index contributed by atoms with van der Waals surface area (Å²) in [5.74, 6) is -1.11. The van der Waals surface area contributed by atoms with E-state index in [0.717, 1.165) is 38.5 Å². The van der Waals surface area contributed by atoms with Gasteiger partial charge in [-0.1, -0.05) is 142 Å². The molecule has 0 spiro atoms. The zero-order valence-corrected chi connectivity index (χ0v) is 25.5. The van der Waals surface area contributed by atoms with Crippen molar-refractivity contribution in [1.29, 1.82) is 0 Å². The average Bonchev–Trinajstić information content (AvgIpc) is 2.89. The van der Waals surface area contributed by atoms with E-state index in [1.54, 1.807) is 0 Å². The predicted molar refractivity (Wildman–Crippen MR) is 163 cm³/mol. The maximum absolute atomic E-state index is 12.2. The highest BCUT2D eigenvalue weighted by Crippen LogP contribution is 2.16. The Balaban J connectivity index is 3.68. The van der Waals surface area contributed by atoms with Crippen molar-refractivity contribution in [3.05, 3.63) is 12.2 Å². The van der Waals surface area contributed by atoms with Crippen LogP contribution in [-0.4, -0.2) is 23.1 Å². The average molecular weight is 537 g/mol. The lowest BCUT2D eigenvalue weighted by Gasteiger charge is -2.16. The molecule has 4 heteroatoms. The molecule has 0 bridgehead atoms. The van der Waals surface area contributed by atoms with Crippen molar-refractivity contribution in [2.45, 2.75) is 193 Å². The second kappa shape index (κ2) is 30.2. The van der Waals surface area contributed by atoms with Gasteiger partial charge in [-0.25, -0.2) is 0 Å². The number of rotatable bonds is 30. The second-order valence-electron chi connectivity index (χ2n) is 11.4. The molecule has 1 unspecified atom stereocenters. The zero-order chi connectivity index (χ0) is 27.9. The van der Waals surface area contributed by atoms with Crippen LogP contribution in [0.1, 0.15) is 187 Å². The van der Waals surface area contributed by atoms with Gasteiger partial charge in [0.05, 0.1) is 6.42 Å². The van der Waals surface area contributed by atoms with Crippen LogP contribution in [0.4, 0.5) is 0 Å². The fraction of sp³-hybridized carbons (Fsp3) is 0.882. The molecular weight excluding hydrogens is 472 g/mol. The molecule has 0 saturated heterocycles. The lowest BCUT2D eigenvalue weighted by Crippen LogP contribution is -2.21. The molecule has 0 aromatic carbocycles. The maximum Gasteiger partial charge on any atom is 0.307 e. The lowest BCUT2D eigenvalue weighted by atomic mass is 10.0. The number of hydrogen-bond acceptors (Lipinski definition) is 3. The molecular formula is C34H64O4. The molecule has 224 valence electrons. The van der Waals surface area contributed by atoms with Gasteiger partial charge in [-0.15, -0.1) is 0 Å². The number of carboxylic acids is 1. The molecule has 4 nitrogen and oxygen atoms in total. The Morgan fingerprint density at radius 1 is 0.579 bits per heavy atom. The van der Waals surface area contributed by atoms with Crippen molar-refractivity contribution in [2.75, 3.05) is 0 Å². The van der Waals surface area contributed by atoms with E-state index in [-0.39, 0.29) is 12.4 Å². The third kappa shape index (κ3) is 29.2. The van der Waals surface area contributed by atoms with Crippen LogP contribution in [0.2, 0.25) is 0 Å². The highest BCUT2D eigenvalue weighted by atomic mass is 16.5. The fourth-order valence-corrected chi connectivity index (χ4v) is 5.02. The van der Waals surface area contributed by atoms with E-state index in [1.807, 2.05) is 0 Å². The van der Waals surface area contributed by atoms with E-state index in [1.165, 1.54) is 116 Å². The molecule has 1 N–H and O–H groups in total. The van der Waals surface area contributed by atoms with Crippen LogP contribution in [-0.2, 0) is 14.3 Å². The molecule has 0 amide bonds. The number of aliphatic carboxylic acids is 1. The Labute approximate surface area is 236 Å². The van der Waals surface area contributed by atoms with Crippen molar-refractivity contribution >= 4 is 11.9 Å². The second-order valence-corrected chi connectivity index (χ2v) is 11.4. The molecule has 0 aromatic rings. The predicted octanol–water partition coefficient (Wildman–Crippen LogP) is 11.1. The van der Waals surface area contributed by atoms with Gasteiger partial charge in [-0.05, 0) is 44.9 Å². The molecule has 0 heterocycles. The molecule has 0 aliphatic rings. The molecule has 0 aromatic heterocycles. The Morgan fingerprint density at radius 2 is 0.974 bits per heavy atom. The monoisotopic (exact) mass is 536 g/mol. The first-order valence-corrected chi connectivity index (χ1v) is 16.7. The van der Waals surface area contributed by atoms with Crippen LogP contribution in [0.5, 0.6) is 0 Å². The minimum atomic E-state index is -0.883. The maximum atomic E-state index is 12.2. The number of allylic oxidation sites excluding steroid dienone is 2. The first-order chi connectivity index (χ1) is 18.6. The van der Waals surface area contributed by atoms with E-state index >= 15 is 0 Å². The Bertz CT molecular complexity index is 543. The minimum absolute atomic E-state index is 0.0735. The van der Waals surface area contributed by atoms with E-state index in [2.05, 4.69) is 26.0 Å². The first-order valence-electron chi connectivity index (χ1n) is 16.7. The molecule has 38 heavy (non-hydrogen) atoms. The number of unbranched alkanes of at least 4 members (excludes halogenated alkanes) is 21. The standard InChI is InChI=1S/C34H64O4/c1-3-5-7-9-11-13-15-16-17-18-20-22-24-26-28-30-34(37)38-32(31-33(35)36)29-27-25-23-21-19-14-12-10-8-6-4-2/h16-17,32H,3-15,18-31H2,1-2H3,(H,35,36)/b17-16-. The van der Waals surface area contributed by atoms with Gasteiger partial charge in [0.1, 0.15) is 6.10 Å². The molecule has 0 fully saturated rings. The summed E-state index contributed by atoms with van der Waals surface area (Å²) in [4.78, 5) is 23.4. The molecule has 1 atom stereocenters. The number of carboxylic acid groups (broad SMARTS) is 1. The number of esters is 1. The Morgan fingerprint density at radius 3 is 1.42 bits per heavy atom. The van der Waals surface area contributed by atoms with Gasteiger partial charge in [0, 0.05) is 6.42 Å². The highest BCUT2D eigenvalue weighted by Gasteiger charge is 2.17. The molecule has 0 rings (SSSR count). The third-order valence-electron chi connectivity index (χ3n) is 7.47. The van der Waals surface area contributed by atoms with Gasteiger partial charge < -0.3 is 9.84 Å². The first kappa shape index (κ1) is 36.7. The van der Waals surface area contributed by atoms with Crippen molar-refractivity contribution in [3.8, 4) is 0 Å². The highest BCUT2D eigenvalue weighted by molar-refractivity contribution is 5.71. The minimum Gasteiger partial charge on any atom is -0.481 e. The van der Waals surface area contributed by atoms with Gasteiger partial charge >= 0.3 is 11.9 Å². The smallest absolute Gasteiger partial charge is 0.307 e. The van der Waals surface area contributed by atoms with Gasteiger partial charge in [0.15, 0.2) is 0 Å². The van der Waals surface area contributed by atoms with Crippen LogP contribution < -0.4 is 0 Å². The van der Waals surface area contributed by atoms with Gasteiger partial charge in [0.25, 0.3) is 0 Å². The SMILES string of the molecule is CCCCCCCC/C=C\CCCCCCCC(=O)OC(CCCCCCCCCCCCC)CC(=O)O. The Hall–Kier alpha value is -1.32. The van der Waals surface area contributed by atoms with Crippen LogP contribution in [0.15, 0.2) is 12.2 Å². The van der Waals surface area contributed by atoms with Crippen LogP contribution in [0, 0.1) is 0 Å².